The van der Waals surface area contributed by atoms with Crippen molar-refractivity contribution in [2.45, 2.75) is 96.8 Å². The Morgan fingerprint density at radius 3 is 1.89 bits per heavy atom. The van der Waals surface area contributed by atoms with Crippen LogP contribution in [0.4, 0.5) is 0 Å². The fourth-order valence-electron chi connectivity index (χ4n) is 3.79. The summed E-state index contributed by atoms with van der Waals surface area (Å²) in [7, 11) is 0. The second-order valence-corrected chi connectivity index (χ2v) is 8.02. The molecule has 0 aliphatic rings. The first-order valence-corrected chi connectivity index (χ1v) is 11.5. The van der Waals surface area contributed by atoms with Crippen LogP contribution in [0.1, 0.15) is 96.0 Å². The van der Waals surface area contributed by atoms with Crippen LogP contribution in [0.5, 0.6) is 0 Å². The van der Waals surface area contributed by atoms with E-state index < -0.39 is 0 Å². The van der Waals surface area contributed by atoms with Gasteiger partial charge in [0, 0.05) is 0 Å². The monoisotopic (exact) mass is 364 g/mol. The molecule has 0 unspecified atom stereocenters. The predicted octanol–water partition coefficient (Wildman–Crippen LogP) is 9.03. The number of hydrogen-bond acceptors (Lipinski definition) is 0. The summed E-state index contributed by atoms with van der Waals surface area (Å²) in [6.45, 7) is 2.29. The first-order valence-electron chi connectivity index (χ1n) is 11.5. The van der Waals surface area contributed by atoms with Gasteiger partial charge in [-0.25, -0.2) is 0 Å². The number of fused-ring (bicyclic) bond motifs is 1. The summed E-state index contributed by atoms with van der Waals surface area (Å²) in [4.78, 5) is 0. The van der Waals surface area contributed by atoms with Crippen molar-refractivity contribution in [2.24, 2.45) is 0 Å². The van der Waals surface area contributed by atoms with Crippen LogP contribution in [0, 0.1) is 0 Å². The molecule has 0 saturated heterocycles. The summed E-state index contributed by atoms with van der Waals surface area (Å²) < 4.78 is 0. The van der Waals surface area contributed by atoms with E-state index in [1.54, 1.807) is 0 Å². The van der Waals surface area contributed by atoms with Crippen LogP contribution in [0.15, 0.2) is 54.6 Å². The Bertz CT molecular complexity index is 637. The molecule has 0 radical (unpaired) electrons. The first kappa shape index (κ1) is 21.7. The minimum atomic E-state index is 1.22. The lowest BCUT2D eigenvalue weighted by Crippen LogP contribution is -1.86. The number of allylic oxidation sites excluding steroid dienone is 2. The van der Waals surface area contributed by atoms with Gasteiger partial charge in [-0.1, -0.05) is 113 Å². The topological polar surface area (TPSA) is 0 Å². The molecule has 2 aromatic carbocycles. The zero-order chi connectivity index (χ0) is 19.0. The molecule has 0 saturated carbocycles. The van der Waals surface area contributed by atoms with Crippen LogP contribution in [0.25, 0.3) is 10.8 Å². The van der Waals surface area contributed by atoms with E-state index in [2.05, 4.69) is 61.5 Å². The summed E-state index contributed by atoms with van der Waals surface area (Å²) in [6, 6.07) is 15.6. The number of unbranched alkanes of at least 4 members (excludes halogenated alkanes) is 11. The Balaban J connectivity index is 1.42. The molecule has 0 heterocycles. The highest BCUT2D eigenvalue weighted by Crippen LogP contribution is 2.17. The standard InChI is InChI=1S/C27H40/c1-2-3-4-5-6-7-8-9-10-11-12-13-14-15-16-19-25-22-23-26-20-17-18-21-27(26)24-25/h11-12,17-18,20-24H,2-10,13-16,19H2,1H3/b12-11+. The van der Waals surface area contributed by atoms with Crippen molar-refractivity contribution in [3.8, 4) is 0 Å². The summed E-state index contributed by atoms with van der Waals surface area (Å²) in [5.74, 6) is 0. The van der Waals surface area contributed by atoms with Crippen LogP contribution < -0.4 is 0 Å². The molecule has 27 heavy (non-hydrogen) atoms. The van der Waals surface area contributed by atoms with Gasteiger partial charge in [-0.3, -0.25) is 0 Å². The van der Waals surface area contributed by atoms with Crippen molar-refractivity contribution in [1.29, 1.82) is 0 Å². The van der Waals surface area contributed by atoms with Gasteiger partial charge in [0.1, 0.15) is 0 Å². The van der Waals surface area contributed by atoms with Gasteiger partial charge >= 0.3 is 0 Å². The molecule has 0 aliphatic carbocycles. The molecule has 0 bridgehead atoms. The smallest absolute Gasteiger partial charge is 0.0181 e. The van der Waals surface area contributed by atoms with E-state index in [4.69, 9.17) is 0 Å². The van der Waals surface area contributed by atoms with E-state index in [0.717, 1.165) is 0 Å². The lowest BCUT2D eigenvalue weighted by atomic mass is 10.0. The van der Waals surface area contributed by atoms with E-state index in [1.165, 1.54) is 106 Å². The third-order valence-corrected chi connectivity index (χ3v) is 5.54. The molecule has 0 fully saturated rings. The van der Waals surface area contributed by atoms with Gasteiger partial charge in [-0.15, -0.1) is 0 Å². The number of hydrogen-bond donors (Lipinski definition) is 0. The molecule has 0 atom stereocenters. The highest BCUT2D eigenvalue weighted by Gasteiger charge is 1.97. The first-order chi connectivity index (χ1) is 13.4. The normalized spacial score (nSPS) is 11.6. The fraction of sp³-hybridized carbons (Fsp3) is 0.556. The Morgan fingerprint density at radius 1 is 0.593 bits per heavy atom. The van der Waals surface area contributed by atoms with Gasteiger partial charge in [0.2, 0.25) is 0 Å². The van der Waals surface area contributed by atoms with Crippen molar-refractivity contribution >= 4 is 10.8 Å². The highest BCUT2D eigenvalue weighted by atomic mass is 14.0. The minimum Gasteiger partial charge on any atom is -0.0885 e. The predicted molar refractivity (Wildman–Crippen MR) is 122 cm³/mol. The lowest BCUT2D eigenvalue weighted by Gasteiger charge is -2.04. The zero-order valence-corrected chi connectivity index (χ0v) is 17.6. The molecule has 2 rings (SSSR count). The van der Waals surface area contributed by atoms with Crippen molar-refractivity contribution in [2.75, 3.05) is 0 Å². The maximum absolute atomic E-state index is 2.42. The summed E-state index contributed by atoms with van der Waals surface area (Å²) in [5.41, 5.74) is 1.49. The fourth-order valence-corrected chi connectivity index (χ4v) is 3.79. The SMILES string of the molecule is CCCCCCCCCC/C=C/CCCCCc1ccc2ccccc2c1. The molecule has 0 amide bonds. The van der Waals surface area contributed by atoms with Crippen molar-refractivity contribution in [3.63, 3.8) is 0 Å². The third kappa shape index (κ3) is 9.80. The molecule has 0 nitrogen and oxygen atoms in total. The summed E-state index contributed by atoms with van der Waals surface area (Å²) in [6.07, 6.45) is 23.9. The second kappa shape index (κ2) is 14.5. The molecule has 0 spiro atoms. The average Bonchev–Trinajstić information content (AvgIpc) is 2.71. The lowest BCUT2D eigenvalue weighted by molar-refractivity contribution is 0.577. The number of benzene rings is 2. The van der Waals surface area contributed by atoms with Gasteiger partial charge in [-0.2, -0.15) is 0 Å². The maximum atomic E-state index is 2.42. The van der Waals surface area contributed by atoms with Gasteiger partial charge in [0.25, 0.3) is 0 Å². The Kier molecular flexibility index (Phi) is 11.7. The van der Waals surface area contributed by atoms with Crippen molar-refractivity contribution < 1.29 is 0 Å². The van der Waals surface area contributed by atoms with Crippen LogP contribution >= 0.6 is 0 Å². The third-order valence-electron chi connectivity index (χ3n) is 5.54. The molecule has 0 aliphatic heterocycles. The maximum Gasteiger partial charge on any atom is -0.0181 e. The number of aryl methyl sites for hydroxylation is 1. The quantitative estimate of drug-likeness (QED) is 0.218. The average molecular weight is 365 g/mol. The summed E-state index contributed by atoms with van der Waals surface area (Å²) in [5, 5.41) is 2.72. The van der Waals surface area contributed by atoms with Crippen molar-refractivity contribution in [3.05, 3.63) is 60.2 Å². The summed E-state index contributed by atoms with van der Waals surface area (Å²) >= 11 is 0. The van der Waals surface area contributed by atoms with E-state index in [1.807, 2.05) is 0 Å². The molecule has 0 N–H and O–H groups in total. The molecular formula is C27H40. The van der Waals surface area contributed by atoms with E-state index >= 15 is 0 Å². The highest BCUT2D eigenvalue weighted by molar-refractivity contribution is 5.82. The van der Waals surface area contributed by atoms with Crippen LogP contribution in [-0.2, 0) is 6.42 Å². The van der Waals surface area contributed by atoms with Crippen molar-refractivity contribution in [1.82, 2.24) is 0 Å². The van der Waals surface area contributed by atoms with E-state index in [-0.39, 0.29) is 0 Å². The molecule has 0 heteroatoms. The largest absolute Gasteiger partial charge is 0.0885 e. The number of rotatable bonds is 15. The van der Waals surface area contributed by atoms with Gasteiger partial charge in [-0.05, 0) is 54.9 Å². The van der Waals surface area contributed by atoms with Gasteiger partial charge < -0.3 is 0 Å². The van der Waals surface area contributed by atoms with E-state index in [0.29, 0.717) is 0 Å². The van der Waals surface area contributed by atoms with Crippen LogP contribution in [0.2, 0.25) is 0 Å². The van der Waals surface area contributed by atoms with Crippen LogP contribution in [-0.4, -0.2) is 0 Å². The molecule has 148 valence electrons. The van der Waals surface area contributed by atoms with Gasteiger partial charge in [0.05, 0.1) is 0 Å². The minimum absolute atomic E-state index is 1.22. The van der Waals surface area contributed by atoms with Gasteiger partial charge in [0.15, 0.2) is 0 Å². The Morgan fingerprint density at radius 2 is 1.19 bits per heavy atom. The molecule has 0 aromatic heterocycles. The second-order valence-electron chi connectivity index (χ2n) is 8.02. The Labute approximate surface area is 168 Å². The Hall–Kier alpha value is -1.56. The van der Waals surface area contributed by atoms with E-state index in [9.17, 15) is 0 Å². The molecule has 2 aromatic rings. The zero-order valence-electron chi connectivity index (χ0n) is 17.6. The molecular weight excluding hydrogens is 324 g/mol. The van der Waals surface area contributed by atoms with Crippen LogP contribution in [0.3, 0.4) is 0 Å².